The summed E-state index contributed by atoms with van der Waals surface area (Å²) in [6, 6.07) is 7.94. The molecule has 2 heterocycles. The Kier molecular flexibility index (Phi) is 5.56. The fourth-order valence-corrected chi connectivity index (χ4v) is 4.64. The Bertz CT molecular complexity index is 632. The molecule has 1 amide bonds. The quantitative estimate of drug-likeness (QED) is 0.901. The van der Waals surface area contributed by atoms with Gasteiger partial charge in [0.25, 0.3) is 0 Å². The lowest BCUT2D eigenvalue weighted by atomic mass is 9.97. The number of nitrogens with zero attached hydrogens (tertiary/aromatic N) is 2. The van der Waals surface area contributed by atoms with Gasteiger partial charge >= 0.3 is 0 Å². The number of amides is 1. The number of aromatic nitrogens is 1. The number of rotatable bonds is 5. The first-order valence-electron chi connectivity index (χ1n) is 8.08. The van der Waals surface area contributed by atoms with Crippen molar-refractivity contribution >= 4 is 39.2 Å². The largest absolute Gasteiger partial charge is 0.341 e. The maximum Gasteiger partial charge on any atom is 0.239 e. The number of thioether (sulfide) groups is 1. The highest BCUT2D eigenvalue weighted by atomic mass is 32.2. The molecule has 1 atom stereocenters. The fraction of sp³-hybridized carbons (Fsp3) is 0.529. The Morgan fingerprint density at radius 1 is 1.43 bits per heavy atom. The Hall–Kier alpha value is -1.11. The molecular weight excluding hydrogens is 326 g/mol. The van der Waals surface area contributed by atoms with E-state index < -0.39 is 0 Å². The van der Waals surface area contributed by atoms with E-state index in [1.807, 2.05) is 17.2 Å². The summed E-state index contributed by atoms with van der Waals surface area (Å²) in [6.45, 7) is 1.60. The van der Waals surface area contributed by atoms with Crippen LogP contribution in [0.4, 0.5) is 0 Å². The summed E-state index contributed by atoms with van der Waals surface area (Å²) in [5.41, 5.74) is 7.10. The van der Waals surface area contributed by atoms with Crippen LogP contribution in [-0.2, 0) is 4.79 Å². The minimum Gasteiger partial charge on any atom is -0.341 e. The Morgan fingerprint density at radius 3 is 2.87 bits per heavy atom. The van der Waals surface area contributed by atoms with Gasteiger partial charge in [0.05, 0.1) is 21.3 Å². The number of fused-ring (bicyclic) bond motifs is 1. The zero-order chi connectivity index (χ0) is 16.2. The number of carbonyl (C=O) groups is 1. The topological polar surface area (TPSA) is 59.2 Å². The van der Waals surface area contributed by atoms with E-state index in [4.69, 9.17) is 10.7 Å². The third-order valence-corrected chi connectivity index (χ3v) is 6.26. The van der Waals surface area contributed by atoms with E-state index in [9.17, 15) is 4.79 Å². The zero-order valence-electron chi connectivity index (χ0n) is 13.4. The monoisotopic (exact) mass is 349 g/mol. The molecule has 1 aliphatic heterocycles. The van der Waals surface area contributed by atoms with E-state index in [0.717, 1.165) is 43.6 Å². The van der Waals surface area contributed by atoms with Crippen molar-refractivity contribution in [3.63, 3.8) is 0 Å². The molecule has 0 spiro atoms. The van der Waals surface area contributed by atoms with Gasteiger partial charge in [-0.3, -0.25) is 4.79 Å². The summed E-state index contributed by atoms with van der Waals surface area (Å²) in [6.07, 6.45) is 4.78. The third kappa shape index (κ3) is 3.87. The molecular formula is C17H23N3OS2. The number of nitrogens with two attached hydrogens (primary N) is 1. The highest BCUT2D eigenvalue weighted by Crippen LogP contribution is 2.33. The second kappa shape index (κ2) is 7.64. The van der Waals surface area contributed by atoms with Gasteiger partial charge in [0.2, 0.25) is 5.91 Å². The molecule has 1 fully saturated rings. The number of piperidine rings is 1. The van der Waals surface area contributed by atoms with Crippen molar-refractivity contribution in [1.82, 2.24) is 9.88 Å². The lowest BCUT2D eigenvalue weighted by Crippen LogP contribution is -2.47. The van der Waals surface area contributed by atoms with Crippen LogP contribution in [0.15, 0.2) is 24.3 Å². The number of likely N-dealkylation sites (tertiary alicyclic amines) is 1. The van der Waals surface area contributed by atoms with Gasteiger partial charge < -0.3 is 10.6 Å². The van der Waals surface area contributed by atoms with E-state index in [-0.39, 0.29) is 11.9 Å². The lowest BCUT2D eigenvalue weighted by molar-refractivity contribution is -0.133. The van der Waals surface area contributed by atoms with Crippen molar-refractivity contribution in [2.24, 2.45) is 5.73 Å². The van der Waals surface area contributed by atoms with Crippen molar-refractivity contribution in [1.29, 1.82) is 0 Å². The van der Waals surface area contributed by atoms with Gasteiger partial charge in [-0.1, -0.05) is 12.1 Å². The first-order valence-corrected chi connectivity index (χ1v) is 10.3. The molecule has 1 unspecified atom stereocenters. The summed E-state index contributed by atoms with van der Waals surface area (Å²) in [4.78, 5) is 19.1. The number of hydrogen-bond acceptors (Lipinski definition) is 5. The average Bonchev–Trinajstić information content (AvgIpc) is 3.03. The van der Waals surface area contributed by atoms with Crippen LogP contribution in [0.1, 0.15) is 30.2 Å². The zero-order valence-corrected chi connectivity index (χ0v) is 15.0. The van der Waals surface area contributed by atoms with Gasteiger partial charge in [-0.05, 0) is 43.4 Å². The molecule has 124 valence electrons. The summed E-state index contributed by atoms with van der Waals surface area (Å²) in [7, 11) is 0. The van der Waals surface area contributed by atoms with Crippen molar-refractivity contribution < 1.29 is 4.79 Å². The predicted octanol–water partition coefficient (Wildman–Crippen LogP) is 3.08. The van der Waals surface area contributed by atoms with Crippen molar-refractivity contribution in [2.75, 3.05) is 25.1 Å². The van der Waals surface area contributed by atoms with Gasteiger partial charge in [0, 0.05) is 19.0 Å². The molecule has 23 heavy (non-hydrogen) atoms. The molecule has 2 aromatic rings. The molecule has 0 bridgehead atoms. The van der Waals surface area contributed by atoms with Crippen molar-refractivity contribution in [3.8, 4) is 0 Å². The van der Waals surface area contributed by atoms with Gasteiger partial charge in [0.15, 0.2) is 0 Å². The summed E-state index contributed by atoms with van der Waals surface area (Å²) in [5.74, 6) is 1.52. The Labute approximate surface area is 145 Å². The third-order valence-electron chi connectivity index (χ3n) is 4.42. The second-order valence-electron chi connectivity index (χ2n) is 6.01. The molecule has 0 saturated carbocycles. The second-order valence-corrected chi connectivity index (χ2v) is 8.06. The summed E-state index contributed by atoms with van der Waals surface area (Å²) < 4.78 is 1.25. The number of hydrogen-bond donors (Lipinski definition) is 1. The molecule has 1 saturated heterocycles. The predicted molar refractivity (Wildman–Crippen MR) is 99.1 cm³/mol. The molecule has 1 aliphatic rings. The van der Waals surface area contributed by atoms with Crippen molar-refractivity contribution in [3.05, 3.63) is 29.3 Å². The molecule has 4 nitrogen and oxygen atoms in total. The van der Waals surface area contributed by atoms with Crippen LogP contribution in [-0.4, -0.2) is 46.9 Å². The summed E-state index contributed by atoms with van der Waals surface area (Å²) in [5, 5.41) is 1.21. The van der Waals surface area contributed by atoms with Crippen LogP contribution >= 0.6 is 23.1 Å². The number of carbonyl (C=O) groups excluding carboxylic acids is 1. The average molecular weight is 350 g/mol. The smallest absolute Gasteiger partial charge is 0.239 e. The molecule has 3 rings (SSSR count). The molecule has 0 radical (unpaired) electrons. The molecule has 0 aliphatic carbocycles. The number of thiazole rings is 1. The van der Waals surface area contributed by atoms with E-state index >= 15 is 0 Å². The SMILES string of the molecule is CSCCC(N)C(=O)N1CCC(c2nc3ccccc3s2)CC1. The molecule has 2 N–H and O–H groups in total. The first kappa shape index (κ1) is 16.7. The highest BCUT2D eigenvalue weighted by Gasteiger charge is 2.28. The summed E-state index contributed by atoms with van der Waals surface area (Å²) >= 11 is 3.52. The number of para-hydroxylation sites is 1. The Morgan fingerprint density at radius 2 is 2.17 bits per heavy atom. The van der Waals surface area contributed by atoms with Crippen LogP contribution in [0.25, 0.3) is 10.2 Å². The van der Waals surface area contributed by atoms with Crippen LogP contribution in [0.5, 0.6) is 0 Å². The van der Waals surface area contributed by atoms with Gasteiger partial charge in [0.1, 0.15) is 0 Å². The minimum atomic E-state index is -0.346. The normalized spacial score (nSPS) is 17.6. The molecule has 1 aromatic heterocycles. The van der Waals surface area contributed by atoms with Crippen LogP contribution in [0.2, 0.25) is 0 Å². The van der Waals surface area contributed by atoms with Crippen molar-refractivity contribution in [2.45, 2.75) is 31.2 Å². The van der Waals surface area contributed by atoms with E-state index in [1.165, 1.54) is 9.71 Å². The fourth-order valence-electron chi connectivity index (χ4n) is 3.01. The van der Waals surface area contributed by atoms with Gasteiger partial charge in [-0.25, -0.2) is 4.98 Å². The molecule has 6 heteroatoms. The van der Waals surface area contributed by atoms with Gasteiger partial charge in [-0.15, -0.1) is 11.3 Å². The van der Waals surface area contributed by atoms with Crippen LogP contribution in [0, 0.1) is 0 Å². The standard InChI is InChI=1S/C17H23N3OS2/c1-22-11-8-13(18)17(21)20-9-6-12(7-10-20)16-19-14-4-2-3-5-15(14)23-16/h2-5,12-13H,6-11,18H2,1H3. The lowest BCUT2D eigenvalue weighted by Gasteiger charge is -2.32. The maximum atomic E-state index is 12.4. The minimum absolute atomic E-state index is 0.113. The van der Waals surface area contributed by atoms with E-state index in [2.05, 4.69) is 18.2 Å². The van der Waals surface area contributed by atoms with E-state index in [0.29, 0.717) is 5.92 Å². The maximum absolute atomic E-state index is 12.4. The highest BCUT2D eigenvalue weighted by molar-refractivity contribution is 7.98. The van der Waals surface area contributed by atoms with Gasteiger partial charge in [-0.2, -0.15) is 11.8 Å². The van der Waals surface area contributed by atoms with Crippen LogP contribution in [0.3, 0.4) is 0 Å². The van der Waals surface area contributed by atoms with E-state index in [1.54, 1.807) is 23.1 Å². The number of benzene rings is 1. The first-order chi connectivity index (χ1) is 11.2. The van der Waals surface area contributed by atoms with Crippen LogP contribution < -0.4 is 5.73 Å². The Balaban J connectivity index is 1.58. The molecule has 1 aromatic carbocycles.